The molecule has 4 rings (SSSR count). The molecule has 1 aliphatic rings. The molecule has 7 nitrogen and oxygen atoms in total. The number of carbonyl (C=O) groups is 1. The summed E-state index contributed by atoms with van der Waals surface area (Å²) in [5.41, 5.74) is 3.67. The van der Waals surface area contributed by atoms with Crippen LogP contribution in [0.15, 0.2) is 51.7 Å². The Hall–Kier alpha value is -3.06. The molecule has 1 fully saturated rings. The molecule has 146 valence electrons. The van der Waals surface area contributed by atoms with Gasteiger partial charge in [-0.1, -0.05) is 12.1 Å². The quantitative estimate of drug-likeness (QED) is 0.586. The van der Waals surface area contributed by atoms with E-state index in [-0.39, 0.29) is 5.91 Å². The molecule has 2 aromatic carbocycles. The van der Waals surface area contributed by atoms with E-state index in [2.05, 4.69) is 20.5 Å². The zero-order valence-corrected chi connectivity index (χ0v) is 15.7. The zero-order valence-electron chi connectivity index (χ0n) is 15.7. The molecule has 0 aliphatic carbocycles. The van der Waals surface area contributed by atoms with Gasteiger partial charge in [0.05, 0.1) is 5.52 Å². The van der Waals surface area contributed by atoms with E-state index >= 15 is 0 Å². The number of oxazole rings is 1. The molecule has 0 saturated carbocycles. The Morgan fingerprint density at radius 2 is 1.89 bits per heavy atom. The van der Waals surface area contributed by atoms with Crippen LogP contribution in [0, 0.1) is 0 Å². The highest BCUT2D eigenvalue weighted by atomic mass is 16.4. The van der Waals surface area contributed by atoms with Crippen LogP contribution in [0.5, 0.6) is 0 Å². The van der Waals surface area contributed by atoms with Crippen molar-refractivity contribution in [3.63, 3.8) is 0 Å². The van der Waals surface area contributed by atoms with E-state index < -0.39 is 5.76 Å². The number of nitrogens with zero attached hydrogens (tertiary/aromatic N) is 1. The van der Waals surface area contributed by atoms with Gasteiger partial charge in [-0.05, 0) is 56.3 Å². The maximum absolute atomic E-state index is 12.3. The normalized spacial score (nSPS) is 14.4. The van der Waals surface area contributed by atoms with Gasteiger partial charge in [-0.2, -0.15) is 0 Å². The Labute approximate surface area is 162 Å². The van der Waals surface area contributed by atoms with Crippen molar-refractivity contribution in [1.29, 1.82) is 0 Å². The molecule has 1 aromatic heterocycles. The van der Waals surface area contributed by atoms with Gasteiger partial charge in [-0.15, -0.1) is 0 Å². The lowest BCUT2D eigenvalue weighted by Crippen LogP contribution is -2.33. The van der Waals surface area contributed by atoms with Crippen molar-refractivity contribution in [3.05, 3.63) is 64.1 Å². The van der Waals surface area contributed by atoms with Gasteiger partial charge in [0.25, 0.3) is 5.91 Å². The lowest BCUT2D eigenvalue weighted by molar-refractivity contribution is 0.0950. The summed E-state index contributed by atoms with van der Waals surface area (Å²) in [6.45, 7) is 4.36. The van der Waals surface area contributed by atoms with Crippen molar-refractivity contribution in [2.45, 2.75) is 19.4 Å². The molecule has 0 radical (unpaired) electrons. The molecular weight excluding hydrogens is 356 g/mol. The minimum absolute atomic E-state index is 0.0513. The van der Waals surface area contributed by atoms with Gasteiger partial charge in [0.15, 0.2) is 5.58 Å². The lowest BCUT2D eigenvalue weighted by Gasteiger charge is -2.14. The van der Waals surface area contributed by atoms with Crippen molar-refractivity contribution in [3.8, 4) is 0 Å². The standard InChI is InChI=1S/C21H24N4O3/c26-20(22-10-13-25-11-1-2-12-25)15-6-8-17(9-7-15)23-14-16-4-3-5-18-19(16)28-21(27)24-18/h3-9,23H,1-2,10-14H2,(H,22,26)(H,24,27). The summed E-state index contributed by atoms with van der Waals surface area (Å²) >= 11 is 0. The number of H-pyrrole nitrogens is 1. The van der Waals surface area contributed by atoms with Crippen LogP contribution in [-0.2, 0) is 6.54 Å². The van der Waals surface area contributed by atoms with E-state index in [0.29, 0.717) is 29.8 Å². The van der Waals surface area contributed by atoms with Crippen LogP contribution in [0.2, 0.25) is 0 Å². The second-order valence-corrected chi connectivity index (χ2v) is 7.04. The minimum atomic E-state index is -0.456. The number of hydrogen-bond acceptors (Lipinski definition) is 5. The van der Waals surface area contributed by atoms with Crippen molar-refractivity contribution >= 4 is 22.7 Å². The van der Waals surface area contributed by atoms with Gasteiger partial charge in [-0.25, -0.2) is 4.79 Å². The van der Waals surface area contributed by atoms with Crippen molar-refractivity contribution in [1.82, 2.24) is 15.2 Å². The molecular formula is C21H24N4O3. The predicted molar refractivity (Wildman–Crippen MR) is 109 cm³/mol. The summed E-state index contributed by atoms with van der Waals surface area (Å²) in [6.07, 6.45) is 2.51. The number of benzene rings is 2. The molecule has 7 heteroatoms. The van der Waals surface area contributed by atoms with Crippen molar-refractivity contribution < 1.29 is 9.21 Å². The van der Waals surface area contributed by atoms with Crippen LogP contribution in [0.3, 0.4) is 0 Å². The number of hydrogen-bond donors (Lipinski definition) is 3. The highest BCUT2D eigenvalue weighted by molar-refractivity contribution is 5.94. The molecule has 0 atom stereocenters. The van der Waals surface area contributed by atoms with E-state index in [1.54, 1.807) is 6.07 Å². The number of aromatic amines is 1. The number of anilines is 1. The molecule has 28 heavy (non-hydrogen) atoms. The number of amides is 1. The first-order chi connectivity index (χ1) is 13.7. The molecule has 1 amide bonds. The van der Waals surface area contributed by atoms with Crippen LogP contribution >= 0.6 is 0 Å². The molecule has 1 saturated heterocycles. The maximum Gasteiger partial charge on any atom is 0.417 e. The van der Waals surface area contributed by atoms with Crippen LogP contribution in [0.4, 0.5) is 5.69 Å². The fraction of sp³-hybridized carbons (Fsp3) is 0.333. The Morgan fingerprint density at radius 1 is 1.11 bits per heavy atom. The Kier molecular flexibility index (Phi) is 5.43. The van der Waals surface area contributed by atoms with Gasteiger partial charge >= 0.3 is 5.76 Å². The molecule has 1 aliphatic heterocycles. The first-order valence-corrected chi connectivity index (χ1v) is 9.64. The number of likely N-dealkylation sites (tertiary alicyclic amines) is 1. The van der Waals surface area contributed by atoms with E-state index in [0.717, 1.165) is 30.9 Å². The number of fused-ring (bicyclic) bond motifs is 1. The van der Waals surface area contributed by atoms with E-state index in [1.165, 1.54) is 12.8 Å². The molecule has 0 spiro atoms. The third kappa shape index (κ3) is 4.26. The van der Waals surface area contributed by atoms with E-state index in [4.69, 9.17) is 4.42 Å². The fourth-order valence-corrected chi connectivity index (χ4v) is 3.54. The average molecular weight is 380 g/mol. The molecule has 3 N–H and O–H groups in total. The van der Waals surface area contributed by atoms with Gasteiger partial charge in [-0.3, -0.25) is 9.78 Å². The number of nitrogens with one attached hydrogen (secondary N) is 3. The van der Waals surface area contributed by atoms with Crippen LogP contribution < -0.4 is 16.4 Å². The Balaban J connectivity index is 1.31. The summed E-state index contributed by atoms with van der Waals surface area (Å²) in [4.78, 5) is 28.7. The first-order valence-electron chi connectivity index (χ1n) is 9.64. The summed E-state index contributed by atoms with van der Waals surface area (Å²) in [6, 6.07) is 13.0. The monoisotopic (exact) mass is 380 g/mol. The maximum atomic E-state index is 12.3. The summed E-state index contributed by atoms with van der Waals surface area (Å²) in [5, 5.41) is 6.27. The molecule has 2 heterocycles. The Bertz CT molecular complexity index is 1000. The van der Waals surface area contributed by atoms with Crippen molar-refractivity contribution in [2.75, 3.05) is 31.5 Å². The highest BCUT2D eigenvalue weighted by Crippen LogP contribution is 2.18. The van der Waals surface area contributed by atoms with E-state index in [1.807, 2.05) is 36.4 Å². The fourth-order valence-electron chi connectivity index (χ4n) is 3.54. The lowest BCUT2D eigenvalue weighted by atomic mass is 10.1. The molecule has 0 bridgehead atoms. The smallest absolute Gasteiger partial charge is 0.407 e. The Morgan fingerprint density at radius 3 is 2.68 bits per heavy atom. The number of para-hydroxylation sites is 1. The molecule has 0 unspecified atom stereocenters. The average Bonchev–Trinajstić information content (AvgIpc) is 3.35. The summed E-state index contributed by atoms with van der Waals surface area (Å²) in [7, 11) is 0. The largest absolute Gasteiger partial charge is 0.417 e. The second-order valence-electron chi connectivity index (χ2n) is 7.04. The van der Waals surface area contributed by atoms with E-state index in [9.17, 15) is 9.59 Å². The van der Waals surface area contributed by atoms with Gasteiger partial charge in [0.2, 0.25) is 0 Å². The number of aromatic nitrogens is 1. The zero-order chi connectivity index (χ0) is 19.3. The van der Waals surface area contributed by atoms with Crippen LogP contribution in [-0.4, -0.2) is 42.0 Å². The van der Waals surface area contributed by atoms with Crippen LogP contribution in [0.1, 0.15) is 28.8 Å². The number of carbonyl (C=O) groups excluding carboxylic acids is 1. The topological polar surface area (TPSA) is 90.4 Å². The highest BCUT2D eigenvalue weighted by Gasteiger charge is 2.12. The van der Waals surface area contributed by atoms with Crippen molar-refractivity contribution in [2.24, 2.45) is 0 Å². The van der Waals surface area contributed by atoms with Gasteiger partial charge < -0.3 is 20.0 Å². The molecule has 3 aromatic rings. The SMILES string of the molecule is O=C(NCCN1CCCC1)c1ccc(NCc2cccc3[nH]c(=O)oc23)cc1. The van der Waals surface area contributed by atoms with Crippen LogP contribution in [0.25, 0.3) is 11.1 Å². The summed E-state index contributed by atoms with van der Waals surface area (Å²) in [5.74, 6) is -0.507. The third-order valence-corrected chi connectivity index (χ3v) is 5.07. The first kappa shape index (κ1) is 18.3. The van der Waals surface area contributed by atoms with Gasteiger partial charge in [0, 0.05) is 36.4 Å². The minimum Gasteiger partial charge on any atom is -0.407 e. The van der Waals surface area contributed by atoms with Gasteiger partial charge in [0.1, 0.15) is 0 Å². The predicted octanol–water partition coefficient (Wildman–Crippen LogP) is 2.56. The summed E-state index contributed by atoms with van der Waals surface area (Å²) < 4.78 is 5.20. The second kappa shape index (κ2) is 8.31. The number of rotatable bonds is 7. The third-order valence-electron chi connectivity index (χ3n) is 5.07.